The van der Waals surface area contributed by atoms with Gasteiger partial charge in [-0.1, -0.05) is 24.3 Å². The minimum atomic E-state index is -1.20. The summed E-state index contributed by atoms with van der Waals surface area (Å²) in [5, 5.41) is 14.9. The third kappa shape index (κ3) is 3.35. The number of aromatic carboxylic acids is 1. The van der Waals surface area contributed by atoms with E-state index in [0.29, 0.717) is 11.4 Å². The molecule has 0 unspecified atom stereocenters. The Morgan fingerprint density at radius 2 is 1.60 bits per heavy atom. The number of carboxylic acids is 1. The van der Waals surface area contributed by atoms with Crippen molar-refractivity contribution in [3.63, 3.8) is 0 Å². The van der Waals surface area contributed by atoms with Crippen molar-refractivity contribution >= 4 is 23.1 Å². The lowest BCUT2D eigenvalue weighted by molar-refractivity contribution is -0.255. The van der Waals surface area contributed by atoms with Gasteiger partial charge in [-0.2, -0.15) is 5.10 Å². The number of nitrogen functional groups attached to an aromatic ring is 1. The van der Waals surface area contributed by atoms with Crippen LogP contribution in [0.5, 0.6) is 0 Å². The van der Waals surface area contributed by atoms with E-state index in [2.05, 4.69) is 10.5 Å². The molecular weight excluding hydrogens is 254 g/mol. The largest absolute Gasteiger partial charge is 0.545 e. The lowest BCUT2D eigenvalue weighted by Crippen LogP contribution is -2.21. The smallest absolute Gasteiger partial charge is 0.0715 e. The summed E-state index contributed by atoms with van der Waals surface area (Å²) in [6, 6.07) is 13.6. The fourth-order valence-corrected chi connectivity index (χ4v) is 1.62. The predicted octanol–water partition coefficient (Wildman–Crippen LogP) is 1.47. The van der Waals surface area contributed by atoms with Gasteiger partial charge in [0.05, 0.1) is 17.4 Å². The van der Waals surface area contributed by atoms with Crippen LogP contribution in [-0.2, 0) is 0 Å². The van der Waals surface area contributed by atoms with Gasteiger partial charge in [-0.25, -0.2) is 0 Å². The number of hydrogen-bond acceptors (Lipinski definition) is 5. The predicted molar refractivity (Wildman–Crippen MR) is 77.5 cm³/mol. The normalized spacial score (nSPS) is 11.2. The van der Waals surface area contributed by atoms with E-state index < -0.39 is 5.97 Å². The van der Waals surface area contributed by atoms with Crippen molar-refractivity contribution in [3.8, 4) is 0 Å². The number of anilines is 2. The van der Waals surface area contributed by atoms with Gasteiger partial charge in [-0.15, -0.1) is 0 Å². The van der Waals surface area contributed by atoms with Crippen LogP contribution >= 0.6 is 0 Å². The molecule has 0 saturated carbocycles. The van der Waals surface area contributed by atoms with Crippen LogP contribution in [0.4, 0.5) is 11.4 Å². The number of carbonyl (C=O) groups is 1. The Bertz CT molecular complexity index is 631. The minimum absolute atomic E-state index is 0.134. The summed E-state index contributed by atoms with van der Waals surface area (Å²) in [6.07, 6.45) is 0. The van der Waals surface area contributed by atoms with Crippen molar-refractivity contribution in [1.29, 1.82) is 0 Å². The molecule has 2 aromatic rings. The molecule has 0 amide bonds. The van der Waals surface area contributed by atoms with Crippen molar-refractivity contribution in [2.45, 2.75) is 6.92 Å². The van der Waals surface area contributed by atoms with E-state index in [1.54, 1.807) is 12.1 Å². The van der Waals surface area contributed by atoms with Crippen LogP contribution in [0.1, 0.15) is 22.8 Å². The molecule has 2 aromatic carbocycles. The number of benzene rings is 2. The highest BCUT2D eigenvalue weighted by molar-refractivity contribution is 5.99. The Balaban J connectivity index is 2.08. The Morgan fingerprint density at radius 3 is 2.15 bits per heavy atom. The lowest BCUT2D eigenvalue weighted by Gasteiger charge is -2.06. The van der Waals surface area contributed by atoms with Crippen LogP contribution in [0.25, 0.3) is 0 Å². The first-order valence-electron chi connectivity index (χ1n) is 6.04. The fourth-order valence-electron chi connectivity index (χ4n) is 1.62. The molecule has 0 saturated heterocycles. The average Bonchev–Trinajstić information content (AvgIpc) is 2.46. The van der Waals surface area contributed by atoms with Gasteiger partial charge in [0.2, 0.25) is 0 Å². The van der Waals surface area contributed by atoms with E-state index in [4.69, 9.17) is 5.73 Å². The number of nitrogens with two attached hydrogens (primary N) is 1. The third-order valence-electron chi connectivity index (χ3n) is 2.80. The molecule has 5 heteroatoms. The van der Waals surface area contributed by atoms with Gasteiger partial charge in [0.1, 0.15) is 0 Å². The minimum Gasteiger partial charge on any atom is -0.545 e. The second kappa shape index (κ2) is 5.88. The first-order valence-corrected chi connectivity index (χ1v) is 6.04. The highest BCUT2D eigenvalue weighted by Crippen LogP contribution is 2.11. The molecule has 0 bridgehead atoms. The molecule has 0 aliphatic carbocycles. The summed E-state index contributed by atoms with van der Waals surface area (Å²) >= 11 is 0. The van der Waals surface area contributed by atoms with E-state index >= 15 is 0 Å². The molecule has 0 fully saturated rings. The number of hydrogen-bond donors (Lipinski definition) is 2. The quantitative estimate of drug-likeness (QED) is 0.499. The molecule has 102 valence electrons. The number of carbonyl (C=O) groups excluding carboxylic acids is 1. The number of hydrazone groups is 1. The molecule has 0 atom stereocenters. The molecule has 20 heavy (non-hydrogen) atoms. The van der Waals surface area contributed by atoms with Crippen molar-refractivity contribution in [2.24, 2.45) is 5.10 Å². The average molecular weight is 268 g/mol. The van der Waals surface area contributed by atoms with Gasteiger partial charge in [0.25, 0.3) is 0 Å². The van der Waals surface area contributed by atoms with Crippen molar-refractivity contribution in [3.05, 3.63) is 59.7 Å². The van der Waals surface area contributed by atoms with E-state index in [9.17, 15) is 9.90 Å². The topological polar surface area (TPSA) is 90.5 Å². The van der Waals surface area contributed by atoms with Crippen LogP contribution in [-0.4, -0.2) is 11.7 Å². The van der Waals surface area contributed by atoms with Gasteiger partial charge < -0.3 is 15.6 Å². The molecule has 0 spiro atoms. The molecule has 0 heterocycles. The molecule has 5 nitrogen and oxygen atoms in total. The van der Waals surface area contributed by atoms with Crippen LogP contribution in [0, 0.1) is 0 Å². The summed E-state index contributed by atoms with van der Waals surface area (Å²) in [5.74, 6) is -1.20. The maximum absolute atomic E-state index is 10.6. The fraction of sp³-hybridized carbons (Fsp3) is 0.0667. The Kier molecular flexibility index (Phi) is 4.00. The van der Waals surface area contributed by atoms with Crippen molar-refractivity contribution < 1.29 is 9.90 Å². The van der Waals surface area contributed by atoms with Gasteiger partial charge in [0.15, 0.2) is 0 Å². The Hall–Kier alpha value is -2.82. The highest BCUT2D eigenvalue weighted by Gasteiger charge is 1.98. The first kappa shape index (κ1) is 13.6. The van der Waals surface area contributed by atoms with Gasteiger partial charge in [-0.3, -0.25) is 5.43 Å². The zero-order chi connectivity index (χ0) is 14.5. The Labute approximate surface area is 116 Å². The molecule has 0 aliphatic heterocycles. The summed E-state index contributed by atoms with van der Waals surface area (Å²) in [4.78, 5) is 10.6. The van der Waals surface area contributed by atoms with Gasteiger partial charge in [-0.05, 0) is 42.3 Å². The monoisotopic (exact) mass is 268 g/mol. The highest BCUT2D eigenvalue weighted by atomic mass is 16.4. The molecule has 0 aromatic heterocycles. The summed E-state index contributed by atoms with van der Waals surface area (Å²) in [6.45, 7) is 1.87. The molecular formula is C15H14N3O2-. The maximum atomic E-state index is 10.6. The second-order valence-corrected chi connectivity index (χ2v) is 4.30. The number of rotatable bonds is 4. The van der Waals surface area contributed by atoms with E-state index in [0.717, 1.165) is 11.3 Å². The number of nitrogens with zero attached hydrogens (tertiary/aromatic N) is 1. The van der Waals surface area contributed by atoms with E-state index in [1.807, 2.05) is 31.2 Å². The van der Waals surface area contributed by atoms with Crippen molar-refractivity contribution in [2.75, 3.05) is 11.2 Å². The van der Waals surface area contributed by atoms with E-state index in [-0.39, 0.29) is 5.56 Å². The summed E-state index contributed by atoms with van der Waals surface area (Å²) < 4.78 is 0. The zero-order valence-corrected chi connectivity index (χ0v) is 11.0. The molecule has 2 rings (SSSR count). The van der Waals surface area contributed by atoms with Gasteiger partial charge in [0, 0.05) is 5.69 Å². The maximum Gasteiger partial charge on any atom is 0.0715 e. The van der Waals surface area contributed by atoms with Crippen LogP contribution in [0.3, 0.4) is 0 Å². The number of carboxylic acid groups (broad SMARTS) is 1. The third-order valence-corrected chi connectivity index (χ3v) is 2.80. The van der Waals surface area contributed by atoms with Crippen LogP contribution in [0.15, 0.2) is 53.6 Å². The molecule has 0 aliphatic rings. The zero-order valence-electron chi connectivity index (χ0n) is 11.0. The van der Waals surface area contributed by atoms with Crippen molar-refractivity contribution in [1.82, 2.24) is 0 Å². The SMILES string of the molecule is C/C(=N\Nc1ccc(C(=O)[O-])cc1)c1ccc(N)cc1. The van der Waals surface area contributed by atoms with Crippen LogP contribution in [0.2, 0.25) is 0 Å². The Morgan fingerprint density at radius 1 is 1.05 bits per heavy atom. The standard InChI is InChI=1S/C15H15N3O2/c1-10(11-2-6-13(16)7-3-11)17-18-14-8-4-12(5-9-14)15(19)20/h2-9,18H,16H2,1H3,(H,19,20)/p-1/b17-10+. The van der Waals surface area contributed by atoms with Crippen LogP contribution < -0.4 is 16.3 Å². The summed E-state index contributed by atoms with van der Waals surface area (Å²) in [5.41, 5.74) is 11.8. The lowest BCUT2D eigenvalue weighted by atomic mass is 10.1. The van der Waals surface area contributed by atoms with Gasteiger partial charge >= 0.3 is 0 Å². The number of nitrogens with one attached hydrogen (secondary N) is 1. The molecule has 3 N–H and O–H groups in total. The van der Waals surface area contributed by atoms with E-state index in [1.165, 1.54) is 12.1 Å². The molecule has 0 radical (unpaired) electrons. The summed E-state index contributed by atoms with van der Waals surface area (Å²) in [7, 11) is 0. The first-order chi connectivity index (χ1) is 9.56. The second-order valence-electron chi connectivity index (χ2n) is 4.30.